The van der Waals surface area contributed by atoms with Crippen molar-refractivity contribution in [1.29, 1.82) is 0 Å². The molecule has 162 valence electrons. The number of rotatable bonds is 5. The number of nitrogens with zero attached hydrogens (tertiary/aromatic N) is 2. The first kappa shape index (κ1) is 21.0. The van der Waals surface area contributed by atoms with E-state index in [4.69, 9.17) is 21.1 Å². The first-order valence-electron chi connectivity index (χ1n) is 9.86. The zero-order valence-corrected chi connectivity index (χ0v) is 18.2. The number of carbonyl (C=O) groups is 3. The highest BCUT2D eigenvalue weighted by molar-refractivity contribution is 6.32. The van der Waals surface area contributed by atoms with Gasteiger partial charge in [0.2, 0.25) is 11.6 Å². The van der Waals surface area contributed by atoms with E-state index >= 15 is 0 Å². The molecule has 8 nitrogen and oxygen atoms in total. The molecule has 1 atom stereocenters. The number of hydrogen-bond acceptors (Lipinski definition) is 5. The molecule has 3 amide bonds. The number of amides is 3. The molecule has 1 fully saturated rings. The summed E-state index contributed by atoms with van der Waals surface area (Å²) in [6, 6.07) is 9.92. The molecule has 2 aliphatic rings. The number of likely N-dealkylation sites (N-methyl/N-ethyl adjacent to an activating group) is 1. The summed E-state index contributed by atoms with van der Waals surface area (Å²) in [5, 5.41) is 3.12. The Kier molecular flexibility index (Phi) is 5.26. The molecular weight excluding hydrogens is 422 g/mol. The first-order chi connectivity index (χ1) is 14.9. The van der Waals surface area contributed by atoms with Gasteiger partial charge in [-0.25, -0.2) is 0 Å². The normalized spacial score (nSPS) is 19.7. The average molecular weight is 444 g/mol. The summed E-state index contributed by atoms with van der Waals surface area (Å²) in [5.74, 6) is -0.286. The standard InChI is InChI=1S/C22H22ClN3O5/c1-4-25-20(28)13-7-5-6-8-16(13)26-19(27)9-10-22(25,26)21(29)24-15-11-14(23)17(30-2)12-18(15)31-3/h5-8,11-12H,4,9-10H2,1-3H3,(H,24,29)/t22-/m0/s1. The van der Waals surface area contributed by atoms with Gasteiger partial charge >= 0.3 is 0 Å². The van der Waals surface area contributed by atoms with Gasteiger partial charge in [0, 0.05) is 25.5 Å². The first-order valence-corrected chi connectivity index (χ1v) is 10.2. The number of ether oxygens (including phenoxy) is 2. The molecule has 2 heterocycles. The van der Waals surface area contributed by atoms with Crippen LogP contribution in [0.2, 0.25) is 5.02 Å². The number of halogens is 1. The van der Waals surface area contributed by atoms with Gasteiger partial charge in [0.05, 0.1) is 36.2 Å². The van der Waals surface area contributed by atoms with Gasteiger partial charge in [-0.05, 0) is 25.1 Å². The van der Waals surface area contributed by atoms with Crippen LogP contribution in [-0.4, -0.2) is 49.0 Å². The van der Waals surface area contributed by atoms with Gasteiger partial charge in [-0.1, -0.05) is 23.7 Å². The van der Waals surface area contributed by atoms with Crippen LogP contribution in [0, 0.1) is 0 Å². The number of methoxy groups -OCH3 is 2. The number of hydrogen-bond donors (Lipinski definition) is 1. The number of anilines is 2. The van der Waals surface area contributed by atoms with Gasteiger partial charge in [-0.3, -0.25) is 19.3 Å². The van der Waals surface area contributed by atoms with E-state index in [1.165, 1.54) is 30.1 Å². The molecule has 9 heteroatoms. The molecule has 2 aromatic carbocycles. The van der Waals surface area contributed by atoms with E-state index in [0.717, 1.165) is 0 Å². The average Bonchev–Trinajstić information content (AvgIpc) is 3.12. The minimum absolute atomic E-state index is 0.145. The second kappa shape index (κ2) is 7.77. The van der Waals surface area contributed by atoms with Gasteiger partial charge in [0.1, 0.15) is 11.5 Å². The molecule has 0 bridgehead atoms. The molecule has 0 aliphatic carbocycles. The van der Waals surface area contributed by atoms with Crippen LogP contribution >= 0.6 is 11.6 Å². The summed E-state index contributed by atoms with van der Waals surface area (Å²) in [5.41, 5.74) is -0.327. The minimum atomic E-state index is -1.48. The van der Waals surface area contributed by atoms with E-state index in [0.29, 0.717) is 28.4 Å². The number of nitrogens with one attached hydrogen (secondary N) is 1. The summed E-state index contributed by atoms with van der Waals surface area (Å²) >= 11 is 6.25. The number of carbonyl (C=O) groups excluding carboxylic acids is 3. The molecule has 2 aliphatic heterocycles. The monoisotopic (exact) mass is 443 g/mol. The zero-order valence-electron chi connectivity index (χ0n) is 17.4. The van der Waals surface area contributed by atoms with E-state index < -0.39 is 11.6 Å². The summed E-state index contributed by atoms with van der Waals surface area (Å²) in [6.07, 6.45) is 0.323. The molecule has 0 unspecified atom stereocenters. The summed E-state index contributed by atoms with van der Waals surface area (Å²) in [7, 11) is 2.94. The Bertz CT molecular complexity index is 1090. The van der Waals surface area contributed by atoms with Crippen LogP contribution in [0.15, 0.2) is 36.4 Å². The van der Waals surface area contributed by atoms with E-state index in [-0.39, 0.29) is 36.2 Å². The number of fused-ring (bicyclic) bond motifs is 3. The molecule has 1 N–H and O–H groups in total. The third-order valence-electron chi connectivity index (χ3n) is 5.78. The Balaban J connectivity index is 1.82. The minimum Gasteiger partial charge on any atom is -0.495 e. The topological polar surface area (TPSA) is 88.2 Å². The maximum absolute atomic E-state index is 13.7. The molecule has 0 radical (unpaired) electrons. The SMILES string of the molecule is CCN1C(=O)c2ccccc2N2C(=O)CC[C@]12C(=O)Nc1cc(Cl)c(OC)cc1OC. The Labute approximate surface area is 184 Å². The van der Waals surface area contributed by atoms with Crippen molar-refractivity contribution < 1.29 is 23.9 Å². The Morgan fingerprint density at radius 3 is 2.55 bits per heavy atom. The fourth-order valence-electron chi connectivity index (χ4n) is 4.39. The van der Waals surface area contributed by atoms with Gasteiger partial charge in [-0.15, -0.1) is 0 Å². The Morgan fingerprint density at radius 1 is 1.16 bits per heavy atom. The van der Waals surface area contributed by atoms with Crippen LogP contribution in [0.1, 0.15) is 30.1 Å². The summed E-state index contributed by atoms with van der Waals surface area (Å²) in [6.45, 7) is 2.04. The second-order valence-corrected chi connectivity index (χ2v) is 7.66. The molecule has 1 saturated heterocycles. The van der Waals surface area contributed by atoms with Gasteiger partial charge < -0.3 is 19.7 Å². The zero-order chi connectivity index (χ0) is 22.3. The van der Waals surface area contributed by atoms with Crippen LogP contribution in [0.25, 0.3) is 0 Å². The van der Waals surface area contributed by atoms with Crippen molar-refractivity contribution in [3.05, 3.63) is 47.0 Å². The smallest absolute Gasteiger partial charge is 0.271 e. The fourth-order valence-corrected chi connectivity index (χ4v) is 4.63. The van der Waals surface area contributed by atoms with Gasteiger partial charge in [-0.2, -0.15) is 0 Å². The van der Waals surface area contributed by atoms with Crippen molar-refractivity contribution >= 4 is 40.7 Å². The summed E-state index contributed by atoms with van der Waals surface area (Å²) < 4.78 is 10.6. The van der Waals surface area contributed by atoms with Crippen LogP contribution < -0.4 is 19.7 Å². The van der Waals surface area contributed by atoms with Crippen LogP contribution in [-0.2, 0) is 9.59 Å². The molecule has 4 rings (SSSR count). The lowest BCUT2D eigenvalue weighted by Crippen LogP contribution is -2.69. The highest BCUT2D eigenvalue weighted by Gasteiger charge is 2.60. The highest BCUT2D eigenvalue weighted by Crippen LogP contribution is 2.45. The van der Waals surface area contributed by atoms with Gasteiger partial charge in [0.15, 0.2) is 0 Å². The third kappa shape index (κ3) is 3.01. The lowest BCUT2D eigenvalue weighted by molar-refractivity contribution is -0.128. The Hall–Kier alpha value is -3.26. The van der Waals surface area contributed by atoms with Crippen molar-refractivity contribution in [2.75, 3.05) is 31.0 Å². The van der Waals surface area contributed by atoms with Crippen LogP contribution in [0.4, 0.5) is 11.4 Å². The molecule has 0 aromatic heterocycles. The van der Waals surface area contributed by atoms with Crippen LogP contribution in [0.3, 0.4) is 0 Å². The molecule has 31 heavy (non-hydrogen) atoms. The predicted octanol–water partition coefficient (Wildman–Crippen LogP) is 3.29. The maximum Gasteiger partial charge on any atom is 0.271 e. The summed E-state index contributed by atoms with van der Waals surface area (Å²) in [4.78, 5) is 42.8. The van der Waals surface area contributed by atoms with Gasteiger partial charge in [0.25, 0.3) is 11.8 Å². The second-order valence-electron chi connectivity index (χ2n) is 7.25. The van der Waals surface area contributed by atoms with E-state index in [2.05, 4.69) is 5.32 Å². The maximum atomic E-state index is 13.7. The fraction of sp³-hybridized carbons (Fsp3) is 0.318. The van der Waals surface area contributed by atoms with Crippen molar-refractivity contribution in [2.45, 2.75) is 25.4 Å². The third-order valence-corrected chi connectivity index (χ3v) is 6.07. The largest absolute Gasteiger partial charge is 0.495 e. The molecular formula is C22H22ClN3O5. The quantitative estimate of drug-likeness (QED) is 0.766. The van der Waals surface area contributed by atoms with Crippen molar-refractivity contribution in [3.8, 4) is 11.5 Å². The van der Waals surface area contributed by atoms with Crippen molar-refractivity contribution in [1.82, 2.24) is 4.90 Å². The van der Waals surface area contributed by atoms with E-state index in [1.807, 2.05) is 0 Å². The highest BCUT2D eigenvalue weighted by atomic mass is 35.5. The Morgan fingerprint density at radius 2 is 1.87 bits per heavy atom. The molecule has 0 saturated carbocycles. The molecule has 2 aromatic rings. The lowest BCUT2D eigenvalue weighted by atomic mass is 9.95. The van der Waals surface area contributed by atoms with Crippen molar-refractivity contribution in [2.24, 2.45) is 0 Å². The number of para-hydroxylation sites is 1. The lowest BCUT2D eigenvalue weighted by Gasteiger charge is -2.48. The molecule has 0 spiro atoms. The van der Waals surface area contributed by atoms with E-state index in [1.54, 1.807) is 37.3 Å². The predicted molar refractivity (Wildman–Crippen MR) is 116 cm³/mol. The number of benzene rings is 2. The van der Waals surface area contributed by atoms with E-state index in [9.17, 15) is 14.4 Å². The van der Waals surface area contributed by atoms with Crippen LogP contribution in [0.5, 0.6) is 11.5 Å². The van der Waals surface area contributed by atoms with Crippen molar-refractivity contribution in [3.63, 3.8) is 0 Å².